The molecule has 1 aromatic carbocycles. The molecule has 1 aromatic rings. The van der Waals surface area contributed by atoms with Gasteiger partial charge >= 0.3 is 0 Å². The average Bonchev–Trinajstić information content (AvgIpc) is 2.36. The van der Waals surface area contributed by atoms with E-state index in [0.29, 0.717) is 16.4 Å². The van der Waals surface area contributed by atoms with Crippen molar-refractivity contribution >= 4 is 29.3 Å². The molecule has 0 fully saturated rings. The second-order valence-corrected chi connectivity index (χ2v) is 4.66. The summed E-state index contributed by atoms with van der Waals surface area (Å²) < 4.78 is 0. The fourth-order valence-electron chi connectivity index (χ4n) is 1.97. The Kier molecular flexibility index (Phi) is 3.97. The van der Waals surface area contributed by atoms with Crippen LogP contribution in [0.25, 0.3) is 6.08 Å². The molecule has 1 heterocycles. The quantitative estimate of drug-likeness (QED) is 0.726. The van der Waals surface area contributed by atoms with Gasteiger partial charge in [-0.3, -0.25) is 4.79 Å². The minimum Gasteiger partial charge on any atom is -0.366 e. The van der Waals surface area contributed by atoms with Crippen molar-refractivity contribution in [1.29, 1.82) is 0 Å². The summed E-state index contributed by atoms with van der Waals surface area (Å²) in [5.74, 6) is -0.456. The van der Waals surface area contributed by atoms with Gasteiger partial charge in [0.05, 0.1) is 11.6 Å². The third-order valence-corrected chi connectivity index (χ3v) is 3.07. The zero-order valence-corrected chi connectivity index (χ0v) is 11.3. The Labute approximate surface area is 117 Å². The molecule has 5 heteroatoms. The maximum absolute atomic E-state index is 11.5. The number of hydrogen-bond acceptors (Lipinski definition) is 2. The predicted molar refractivity (Wildman–Crippen MR) is 80.0 cm³/mol. The first-order valence-corrected chi connectivity index (χ1v) is 6.30. The summed E-state index contributed by atoms with van der Waals surface area (Å²) in [6.45, 7) is 1.79. The summed E-state index contributed by atoms with van der Waals surface area (Å²) in [5, 5.41) is 6.42. The van der Waals surface area contributed by atoms with Crippen molar-refractivity contribution in [3.05, 3.63) is 53.2 Å². The Morgan fingerprint density at radius 1 is 1.37 bits per heavy atom. The van der Waals surface area contributed by atoms with Crippen LogP contribution in [0.5, 0.6) is 0 Å². The molecule has 1 aliphatic heterocycles. The third-order valence-electron chi connectivity index (χ3n) is 2.85. The number of primary amides is 1. The zero-order valence-electron chi connectivity index (χ0n) is 10.5. The molecule has 19 heavy (non-hydrogen) atoms. The minimum absolute atomic E-state index is 0.300. The van der Waals surface area contributed by atoms with Crippen LogP contribution in [0.15, 0.2) is 47.7 Å². The van der Waals surface area contributed by atoms with Gasteiger partial charge in [-0.25, -0.2) is 0 Å². The number of nitrogens with one attached hydrogen (secondary N) is 2. The Bertz CT molecular complexity index is 563. The lowest BCUT2D eigenvalue weighted by Gasteiger charge is -2.27. The molecule has 0 radical (unpaired) electrons. The number of rotatable bonds is 3. The molecule has 0 aliphatic carbocycles. The van der Waals surface area contributed by atoms with Gasteiger partial charge < -0.3 is 16.4 Å². The van der Waals surface area contributed by atoms with E-state index in [1.165, 1.54) is 0 Å². The second-order valence-electron chi connectivity index (χ2n) is 4.25. The molecule has 1 aliphatic rings. The molecule has 0 saturated heterocycles. The smallest absolute Gasteiger partial charge is 0.248 e. The summed E-state index contributed by atoms with van der Waals surface area (Å²) in [7, 11) is 0. The average molecular weight is 273 g/mol. The van der Waals surface area contributed by atoms with Crippen LogP contribution in [0.3, 0.4) is 0 Å². The van der Waals surface area contributed by atoms with Crippen molar-refractivity contribution in [2.45, 2.75) is 13.0 Å². The summed E-state index contributed by atoms with van der Waals surface area (Å²) in [5.41, 5.74) is 7.65. The number of carbonyl (C=O) groups is 1. The summed E-state index contributed by atoms with van der Waals surface area (Å²) in [6, 6.07) is 9.53. The van der Waals surface area contributed by atoms with E-state index in [2.05, 4.69) is 10.6 Å². The number of allylic oxidation sites excluding steroid dienone is 1. The molecule has 1 atom stereocenters. The van der Waals surface area contributed by atoms with Gasteiger partial charge in [0.2, 0.25) is 5.91 Å². The lowest BCUT2D eigenvalue weighted by Crippen LogP contribution is -2.49. The van der Waals surface area contributed by atoms with E-state index in [9.17, 15) is 4.79 Å². The number of nitrogens with two attached hydrogens (primary N) is 1. The molecule has 0 bridgehead atoms. The van der Waals surface area contributed by atoms with Crippen molar-refractivity contribution in [2.24, 2.45) is 5.73 Å². The zero-order chi connectivity index (χ0) is 13.8. The van der Waals surface area contributed by atoms with E-state index in [1.807, 2.05) is 42.5 Å². The Morgan fingerprint density at radius 3 is 2.68 bits per heavy atom. The largest absolute Gasteiger partial charge is 0.366 e. The van der Waals surface area contributed by atoms with E-state index in [1.54, 1.807) is 6.92 Å². The monoisotopic (exact) mass is 273 g/mol. The highest BCUT2D eigenvalue weighted by Crippen LogP contribution is 2.14. The predicted octanol–water partition coefficient (Wildman–Crippen LogP) is 1.31. The number of benzene rings is 1. The first kappa shape index (κ1) is 13.3. The van der Waals surface area contributed by atoms with Crippen LogP contribution in [0.2, 0.25) is 0 Å². The Balaban J connectivity index is 2.27. The third kappa shape index (κ3) is 3.20. The lowest BCUT2D eigenvalue weighted by molar-refractivity contribution is -0.114. The van der Waals surface area contributed by atoms with Crippen LogP contribution in [-0.2, 0) is 4.79 Å². The van der Waals surface area contributed by atoms with Gasteiger partial charge in [0, 0.05) is 5.70 Å². The van der Waals surface area contributed by atoms with Crippen LogP contribution in [-0.4, -0.2) is 17.1 Å². The second kappa shape index (κ2) is 5.67. The van der Waals surface area contributed by atoms with Gasteiger partial charge in [0.1, 0.15) is 0 Å². The van der Waals surface area contributed by atoms with E-state index in [-0.39, 0.29) is 6.04 Å². The summed E-state index contributed by atoms with van der Waals surface area (Å²) in [6.07, 6.45) is 3.81. The number of amides is 1. The summed E-state index contributed by atoms with van der Waals surface area (Å²) in [4.78, 5) is 11.5. The highest BCUT2D eigenvalue weighted by Gasteiger charge is 2.24. The van der Waals surface area contributed by atoms with Gasteiger partial charge in [-0.2, -0.15) is 0 Å². The topological polar surface area (TPSA) is 67.2 Å². The lowest BCUT2D eigenvalue weighted by atomic mass is 10.0. The van der Waals surface area contributed by atoms with Crippen molar-refractivity contribution in [1.82, 2.24) is 10.6 Å². The van der Waals surface area contributed by atoms with Gasteiger partial charge in [0.25, 0.3) is 0 Å². The first-order valence-electron chi connectivity index (χ1n) is 5.89. The Hall–Kier alpha value is -2.14. The molecule has 0 saturated carbocycles. The molecule has 1 amide bonds. The van der Waals surface area contributed by atoms with Crippen LogP contribution in [0, 0.1) is 0 Å². The van der Waals surface area contributed by atoms with E-state index in [4.69, 9.17) is 18.0 Å². The van der Waals surface area contributed by atoms with Crippen LogP contribution >= 0.6 is 12.2 Å². The molecule has 4 N–H and O–H groups in total. The van der Waals surface area contributed by atoms with Crippen LogP contribution in [0.4, 0.5) is 0 Å². The molecule has 4 nitrogen and oxygen atoms in total. The number of thiocarbonyl (C=S) groups is 1. The number of carbonyl (C=O) groups excluding carboxylic acids is 1. The highest BCUT2D eigenvalue weighted by molar-refractivity contribution is 7.80. The fourth-order valence-corrected chi connectivity index (χ4v) is 2.25. The van der Waals surface area contributed by atoms with Crippen molar-refractivity contribution in [3.8, 4) is 0 Å². The van der Waals surface area contributed by atoms with E-state index < -0.39 is 5.91 Å². The molecule has 1 unspecified atom stereocenters. The highest BCUT2D eigenvalue weighted by atomic mass is 32.1. The molecular formula is C14H15N3OS. The molecular weight excluding hydrogens is 258 g/mol. The molecule has 0 aromatic heterocycles. The van der Waals surface area contributed by atoms with Crippen LogP contribution < -0.4 is 16.4 Å². The SMILES string of the molecule is CC1=C(C(N)=O)C(/C=C/c2ccccc2)NC(=S)N1. The minimum atomic E-state index is -0.456. The maximum Gasteiger partial charge on any atom is 0.248 e. The number of hydrogen-bond donors (Lipinski definition) is 3. The van der Waals surface area contributed by atoms with E-state index >= 15 is 0 Å². The maximum atomic E-state index is 11.5. The van der Waals surface area contributed by atoms with Gasteiger partial charge in [0.15, 0.2) is 5.11 Å². The van der Waals surface area contributed by atoms with E-state index in [0.717, 1.165) is 5.56 Å². The van der Waals surface area contributed by atoms with Gasteiger partial charge in [-0.15, -0.1) is 0 Å². The van der Waals surface area contributed by atoms with Gasteiger partial charge in [-0.1, -0.05) is 42.5 Å². The standard InChI is InChI=1S/C14H15N3OS/c1-9-12(13(15)18)11(17-14(19)16-9)8-7-10-5-3-2-4-6-10/h2-8,11H,1H3,(H2,15,18)(H2,16,17,19)/b8-7+. The summed E-state index contributed by atoms with van der Waals surface area (Å²) >= 11 is 5.09. The van der Waals surface area contributed by atoms with Crippen LogP contribution in [0.1, 0.15) is 12.5 Å². The van der Waals surface area contributed by atoms with Gasteiger partial charge in [-0.05, 0) is 24.7 Å². The van der Waals surface area contributed by atoms with Crippen molar-refractivity contribution in [3.63, 3.8) is 0 Å². The normalized spacial score (nSPS) is 19.2. The molecule has 2 rings (SSSR count). The molecule has 0 spiro atoms. The Morgan fingerprint density at radius 2 is 2.05 bits per heavy atom. The van der Waals surface area contributed by atoms with Crippen molar-refractivity contribution in [2.75, 3.05) is 0 Å². The van der Waals surface area contributed by atoms with Crippen molar-refractivity contribution < 1.29 is 4.79 Å². The molecule has 98 valence electrons. The first-order chi connectivity index (χ1) is 9.08. The fraction of sp³-hybridized carbons (Fsp3) is 0.143.